The molecule has 4 aromatic rings. The van der Waals surface area contributed by atoms with Crippen LogP contribution in [0.1, 0.15) is 28.3 Å². The fourth-order valence-electron chi connectivity index (χ4n) is 3.79. The zero-order valence-corrected chi connectivity index (χ0v) is 18.0. The molecular weight excluding hydrogens is 414 g/mol. The van der Waals surface area contributed by atoms with Crippen molar-refractivity contribution in [3.05, 3.63) is 132 Å². The maximum absolute atomic E-state index is 12.9. The number of hydrogen-bond acceptors (Lipinski definition) is 5. The summed E-state index contributed by atoms with van der Waals surface area (Å²) in [6, 6.07) is 25.3. The Labute approximate surface area is 192 Å². The first-order valence-corrected chi connectivity index (χ1v) is 10.7. The van der Waals surface area contributed by atoms with Gasteiger partial charge in [0.2, 0.25) is 5.91 Å². The van der Waals surface area contributed by atoms with Crippen molar-refractivity contribution >= 4 is 5.91 Å². The number of aliphatic hydroxyl groups is 1. The Kier molecular flexibility index (Phi) is 7.19. The molecule has 0 saturated carbocycles. The molecule has 1 unspecified atom stereocenters. The van der Waals surface area contributed by atoms with Crippen LogP contribution < -0.4 is 5.32 Å². The summed E-state index contributed by atoms with van der Waals surface area (Å²) in [6.07, 6.45) is 6.48. The molecule has 33 heavy (non-hydrogen) atoms. The van der Waals surface area contributed by atoms with Gasteiger partial charge in [-0.3, -0.25) is 14.8 Å². The summed E-state index contributed by atoms with van der Waals surface area (Å²) in [4.78, 5) is 21.3. The molecule has 0 aliphatic rings. The number of hydrogen-bond donors (Lipinski definition) is 2. The fourth-order valence-corrected chi connectivity index (χ4v) is 3.79. The molecule has 166 valence electrons. The molecule has 2 aromatic carbocycles. The summed E-state index contributed by atoms with van der Waals surface area (Å²) in [5.41, 5.74) is 1.19. The highest BCUT2D eigenvalue weighted by molar-refractivity contribution is 5.78. The van der Waals surface area contributed by atoms with Crippen LogP contribution in [-0.4, -0.2) is 27.6 Å². The lowest BCUT2D eigenvalue weighted by atomic mass is 9.78. The molecule has 0 saturated heterocycles. The van der Waals surface area contributed by atoms with E-state index in [1.54, 1.807) is 49.1 Å². The van der Waals surface area contributed by atoms with E-state index in [9.17, 15) is 9.90 Å². The lowest BCUT2D eigenvalue weighted by Crippen LogP contribution is -2.46. The number of ether oxygens (including phenoxy) is 1. The average molecular weight is 440 g/mol. The van der Waals surface area contributed by atoms with Gasteiger partial charge in [-0.25, -0.2) is 0 Å². The second-order valence-corrected chi connectivity index (χ2v) is 7.64. The Morgan fingerprint density at radius 1 is 0.848 bits per heavy atom. The number of benzene rings is 2. The molecule has 0 bridgehead atoms. The molecule has 0 spiro atoms. The Balaban J connectivity index is 1.64. The van der Waals surface area contributed by atoms with Crippen molar-refractivity contribution in [2.24, 2.45) is 0 Å². The summed E-state index contributed by atoms with van der Waals surface area (Å²) >= 11 is 0. The summed E-state index contributed by atoms with van der Waals surface area (Å²) in [6.45, 7) is 0.175. The highest BCUT2D eigenvalue weighted by Crippen LogP contribution is 2.40. The van der Waals surface area contributed by atoms with Gasteiger partial charge >= 0.3 is 0 Å². The Bertz CT molecular complexity index is 1100. The fraction of sp³-hybridized carbons (Fsp3) is 0.148. The molecular formula is C27H25N3O3. The molecule has 2 heterocycles. The third kappa shape index (κ3) is 5.31. The number of nitrogens with zero attached hydrogens (tertiary/aromatic N) is 2. The smallest absolute Gasteiger partial charge is 0.246 e. The zero-order chi connectivity index (χ0) is 22.9. The normalized spacial score (nSPS) is 12.2. The average Bonchev–Trinajstić information content (AvgIpc) is 2.89. The summed E-state index contributed by atoms with van der Waals surface area (Å²) in [5, 5.41) is 15.2. The number of carbonyl (C=O) groups is 1. The van der Waals surface area contributed by atoms with Crippen LogP contribution in [0.3, 0.4) is 0 Å². The Hall–Kier alpha value is -3.87. The molecule has 0 aliphatic carbocycles. The van der Waals surface area contributed by atoms with Crippen LogP contribution in [0.25, 0.3) is 0 Å². The van der Waals surface area contributed by atoms with Crippen molar-refractivity contribution < 1.29 is 14.6 Å². The number of rotatable bonds is 9. The molecule has 4 rings (SSSR count). The summed E-state index contributed by atoms with van der Waals surface area (Å²) in [7, 11) is 0. The van der Waals surface area contributed by atoms with Gasteiger partial charge in [-0.15, -0.1) is 0 Å². The monoisotopic (exact) mass is 439 g/mol. The van der Waals surface area contributed by atoms with Gasteiger partial charge in [0, 0.05) is 35.9 Å². The number of pyridine rings is 2. The molecule has 2 N–H and O–H groups in total. The SMILES string of the molecule is O=C(COCc1ccccc1)NC(c1ccccc1)C(O)(c1cccnc1)c1cccnc1. The molecule has 6 heteroatoms. The van der Waals surface area contributed by atoms with Crippen molar-refractivity contribution in [1.29, 1.82) is 0 Å². The van der Waals surface area contributed by atoms with Crippen molar-refractivity contribution in [2.75, 3.05) is 6.61 Å². The van der Waals surface area contributed by atoms with E-state index in [0.717, 1.165) is 11.1 Å². The van der Waals surface area contributed by atoms with E-state index in [4.69, 9.17) is 4.74 Å². The van der Waals surface area contributed by atoms with E-state index < -0.39 is 11.6 Å². The number of carbonyl (C=O) groups excluding carboxylic acids is 1. The minimum absolute atomic E-state index is 0.144. The highest BCUT2D eigenvalue weighted by Gasteiger charge is 2.42. The van der Waals surface area contributed by atoms with Gasteiger partial charge in [0.05, 0.1) is 12.6 Å². The van der Waals surface area contributed by atoms with E-state index in [2.05, 4.69) is 15.3 Å². The van der Waals surface area contributed by atoms with Crippen molar-refractivity contribution in [3.63, 3.8) is 0 Å². The summed E-state index contributed by atoms with van der Waals surface area (Å²) < 4.78 is 5.62. The lowest BCUT2D eigenvalue weighted by Gasteiger charge is -2.37. The lowest BCUT2D eigenvalue weighted by molar-refractivity contribution is -0.128. The van der Waals surface area contributed by atoms with Crippen molar-refractivity contribution in [1.82, 2.24) is 15.3 Å². The molecule has 1 atom stereocenters. The van der Waals surface area contributed by atoms with Crippen LogP contribution in [0.4, 0.5) is 0 Å². The maximum atomic E-state index is 12.9. The van der Waals surface area contributed by atoms with Gasteiger partial charge in [0.25, 0.3) is 0 Å². The van der Waals surface area contributed by atoms with E-state index in [1.807, 2.05) is 60.7 Å². The Morgan fingerprint density at radius 2 is 1.42 bits per heavy atom. The second-order valence-electron chi connectivity index (χ2n) is 7.64. The number of amides is 1. The van der Waals surface area contributed by atoms with Gasteiger partial charge in [-0.2, -0.15) is 0 Å². The van der Waals surface area contributed by atoms with Gasteiger partial charge in [0.15, 0.2) is 0 Å². The van der Waals surface area contributed by atoms with Crippen LogP contribution in [0.2, 0.25) is 0 Å². The van der Waals surface area contributed by atoms with Crippen LogP contribution in [0.5, 0.6) is 0 Å². The predicted octanol–water partition coefficient (Wildman–Crippen LogP) is 3.79. The van der Waals surface area contributed by atoms with Crippen LogP contribution in [0, 0.1) is 0 Å². The maximum Gasteiger partial charge on any atom is 0.246 e. The zero-order valence-electron chi connectivity index (χ0n) is 18.0. The minimum atomic E-state index is -1.61. The topological polar surface area (TPSA) is 84.3 Å². The number of aromatic nitrogens is 2. The first-order valence-electron chi connectivity index (χ1n) is 10.7. The standard InChI is InChI=1S/C27H25N3O3/c31-25(20-33-19-21-9-3-1-4-10-21)30-26(22-11-5-2-6-12-22)27(32,23-13-7-15-28-17-23)24-14-8-16-29-18-24/h1-18,26,32H,19-20H2,(H,30,31). The quantitative estimate of drug-likeness (QED) is 0.415. The van der Waals surface area contributed by atoms with E-state index in [0.29, 0.717) is 17.7 Å². The third-order valence-electron chi connectivity index (χ3n) is 5.40. The molecule has 6 nitrogen and oxygen atoms in total. The van der Waals surface area contributed by atoms with Crippen LogP contribution in [0.15, 0.2) is 110 Å². The number of nitrogens with one attached hydrogen (secondary N) is 1. The van der Waals surface area contributed by atoms with E-state index in [1.165, 1.54) is 0 Å². The minimum Gasteiger partial charge on any atom is -0.378 e. The highest BCUT2D eigenvalue weighted by atomic mass is 16.5. The largest absolute Gasteiger partial charge is 0.378 e. The molecule has 0 radical (unpaired) electrons. The van der Waals surface area contributed by atoms with Gasteiger partial charge < -0.3 is 15.2 Å². The van der Waals surface area contributed by atoms with Crippen LogP contribution in [-0.2, 0) is 21.7 Å². The molecule has 0 aliphatic heterocycles. The van der Waals surface area contributed by atoms with Gasteiger partial charge in [0.1, 0.15) is 12.2 Å². The van der Waals surface area contributed by atoms with E-state index in [-0.39, 0.29) is 12.5 Å². The third-order valence-corrected chi connectivity index (χ3v) is 5.40. The first-order chi connectivity index (χ1) is 16.2. The first kappa shape index (κ1) is 22.3. The molecule has 0 fully saturated rings. The summed E-state index contributed by atoms with van der Waals surface area (Å²) in [5.74, 6) is -0.342. The van der Waals surface area contributed by atoms with E-state index >= 15 is 0 Å². The Morgan fingerprint density at radius 3 is 1.97 bits per heavy atom. The van der Waals surface area contributed by atoms with Gasteiger partial charge in [-0.05, 0) is 23.3 Å². The second kappa shape index (κ2) is 10.6. The molecule has 2 aromatic heterocycles. The van der Waals surface area contributed by atoms with Gasteiger partial charge in [-0.1, -0.05) is 72.8 Å². The van der Waals surface area contributed by atoms with Crippen LogP contribution >= 0.6 is 0 Å². The predicted molar refractivity (Wildman–Crippen MR) is 125 cm³/mol. The van der Waals surface area contributed by atoms with Crippen molar-refractivity contribution in [2.45, 2.75) is 18.2 Å². The van der Waals surface area contributed by atoms with Crippen molar-refractivity contribution in [3.8, 4) is 0 Å². The molecule has 1 amide bonds.